The van der Waals surface area contributed by atoms with E-state index in [-0.39, 0.29) is 0 Å². The highest BCUT2D eigenvalue weighted by molar-refractivity contribution is 7.67. The van der Waals surface area contributed by atoms with E-state index in [0.717, 1.165) is 16.2 Å². The Morgan fingerprint density at radius 2 is 2.06 bits per heavy atom. The summed E-state index contributed by atoms with van der Waals surface area (Å²) in [5, 5.41) is 6.06. The SMILES string of the molecule is CCOP(=O)(CC)c1c[n+](C)nc2ccccc12. The third kappa shape index (κ3) is 2.31. The van der Waals surface area contributed by atoms with Gasteiger partial charge in [0.05, 0.1) is 6.61 Å². The Morgan fingerprint density at radius 1 is 1.33 bits per heavy atom. The molecule has 0 bridgehead atoms. The van der Waals surface area contributed by atoms with E-state index in [1.54, 1.807) is 4.68 Å². The van der Waals surface area contributed by atoms with E-state index >= 15 is 0 Å². The quantitative estimate of drug-likeness (QED) is 0.627. The summed E-state index contributed by atoms with van der Waals surface area (Å²) in [4.78, 5) is 0. The highest BCUT2D eigenvalue weighted by Crippen LogP contribution is 2.46. The molecule has 4 nitrogen and oxygen atoms in total. The minimum Gasteiger partial charge on any atom is -0.325 e. The van der Waals surface area contributed by atoms with Gasteiger partial charge in [-0.3, -0.25) is 4.57 Å². The van der Waals surface area contributed by atoms with Gasteiger partial charge in [0.1, 0.15) is 10.8 Å². The molecule has 1 unspecified atom stereocenters. The summed E-state index contributed by atoms with van der Waals surface area (Å²) in [5.74, 6) is 0. The van der Waals surface area contributed by atoms with Crippen molar-refractivity contribution in [2.45, 2.75) is 13.8 Å². The van der Waals surface area contributed by atoms with E-state index in [2.05, 4.69) is 5.10 Å². The predicted molar refractivity (Wildman–Crippen MR) is 72.3 cm³/mol. The lowest BCUT2D eigenvalue weighted by Gasteiger charge is -2.16. The smallest absolute Gasteiger partial charge is 0.238 e. The van der Waals surface area contributed by atoms with Crippen molar-refractivity contribution < 1.29 is 13.8 Å². The maximum absolute atomic E-state index is 12.9. The van der Waals surface area contributed by atoms with Crippen LogP contribution in [-0.4, -0.2) is 17.9 Å². The van der Waals surface area contributed by atoms with Gasteiger partial charge in [-0.05, 0) is 18.1 Å². The highest BCUT2D eigenvalue weighted by Gasteiger charge is 2.29. The average molecular weight is 265 g/mol. The van der Waals surface area contributed by atoms with Crippen molar-refractivity contribution in [1.82, 2.24) is 5.10 Å². The molecule has 18 heavy (non-hydrogen) atoms. The van der Waals surface area contributed by atoms with Gasteiger partial charge >= 0.3 is 0 Å². The van der Waals surface area contributed by atoms with Gasteiger partial charge in [0, 0.05) is 11.5 Å². The summed E-state index contributed by atoms with van der Waals surface area (Å²) in [6.45, 7) is 4.21. The molecule has 0 aliphatic carbocycles. The maximum Gasteiger partial charge on any atom is 0.238 e. The molecule has 0 spiro atoms. The van der Waals surface area contributed by atoms with Crippen molar-refractivity contribution in [2.75, 3.05) is 12.8 Å². The number of aromatic nitrogens is 2. The van der Waals surface area contributed by atoms with Gasteiger partial charge < -0.3 is 4.52 Å². The lowest BCUT2D eigenvalue weighted by Crippen LogP contribution is -2.37. The zero-order valence-corrected chi connectivity index (χ0v) is 11.9. The van der Waals surface area contributed by atoms with Gasteiger partial charge in [-0.15, -0.1) is 0 Å². The molecule has 0 aliphatic rings. The van der Waals surface area contributed by atoms with E-state index < -0.39 is 7.37 Å². The van der Waals surface area contributed by atoms with Crippen LogP contribution in [0.1, 0.15) is 13.8 Å². The summed E-state index contributed by atoms with van der Waals surface area (Å²) in [6, 6.07) is 7.72. The summed E-state index contributed by atoms with van der Waals surface area (Å²) in [5.41, 5.74) is 0.839. The predicted octanol–water partition coefficient (Wildman–Crippen LogP) is 2.02. The standard InChI is InChI=1S/C13H18N2O2P/c1-4-17-18(16,5-2)13-10-15(3)14-12-9-7-6-8-11(12)13/h6-10H,4-5H2,1-3H3/q+1. The third-order valence-electron chi connectivity index (χ3n) is 2.88. The molecule has 2 rings (SSSR count). The fraction of sp³-hybridized carbons (Fsp3) is 0.385. The van der Waals surface area contributed by atoms with Gasteiger partial charge in [-0.2, -0.15) is 0 Å². The summed E-state index contributed by atoms with van der Waals surface area (Å²) < 4.78 is 20.1. The van der Waals surface area contributed by atoms with Gasteiger partial charge in [-0.25, -0.2) is 0 Å². The minimum absolute atomic E-state index is 0.450. The van der Waals surface area contributed by atoms with Crippen LogP contribution in [0.25, 0.3) is 10.9 Å². The fourth-order valence-corrected chi connectivity index (χ4v) is 4.01. The second-order valence-corrected chi connectivity index (χ2v) is 6.83. The van der Waals surface area contributed by atoms with Gasteiger partial charge in [0.2, 0.25) is 13.6 Å². The number of benzene rings is 1. The van der Waals surface area contributed by atoms with Crippen molar-refractivity contribution in [3.63, 3.8) is 0 Å². The number of nitrogens with zero attached hydrogens (tertiary/aromatic N) is 2. The molecule has 0 N–H and O–H groups in total. The second-order valence-electron chi connectivity index (χ2n) is 4.11. The maximum atomic E-state index is 12.9. The third-order valence-corrected chi connectivity index (χ3v) is 5.47. The number of aryl methyl sites for hydroxylation is 1. The molecule has 0 saturated heterocycles. The van der Waals surface area contributed by atoms with Crippen LogP contribution in [-0.2, 0) is 16.1 Å². The van der Waals surface area contributed by atoms with Crippen LogP contribution in [0.5, 0.6) is 0 Å². The minimum atomic E-state index is -2.79. The van der Waals surface area contributed by atoms with Crippen LogP contribution in [0, 0.1) is 0 Å². The molecule has 96 valence electrons. The lowest BCUT2D eigenvalue weighted by atomic mass is 10.2. The molecule has 0 amide bonds. The van der Waals surface area contributed by atoms with Crippen LogP contribution in [0.15, 0.2) is 30.5 Å². The molecular formula is C13H18N2O2P+. The molecule has 0 saturated carbocycles. The molecule has 5 heteroatoms. The van der Waals surface area contributed by atoms with Crippen LogP contribution in [0.2, 0.25) is 0 Å². The Hall–Kier alpha value is -1.25. The van der Waals surface area contributed by atoms with Crippen LogP contribution in [0.3, 0.4) is 0 Å². The van der Waals surface area contributed by atoms with E-state index in [0.29, 0.717) is 12.8 Å². The summed E-state index contributed by atoms with van der Waals surface area (Å²) >= 11 is 0. The average Bonchev–Trinajstić information content (AvgIpc) is 2.38. The molecule has 1 aromatic carbocycles. The zero-order chi connectivity index (χ0) is 13.2. The van der Waals surface area contributed by atoms with Crippen molar-refractivity contribution in [2.24, 2.45) is 7.05 Å². The van der Waals surface area contributed by atoms with E-state index in [1.807, 2.05) is 51.4 Å². The Labute approximate surface area is 107 Å². The number of hydrogen-bond acceptors (Lipinski definition) is 3. The Morgan fingerprint density at radius 3 is 2.72 bits per heavy atom. The van der Waals surface area contributed by atoms with Crippen LogP contribution in [0.4, 0.5) is 0 Å². The highest BCUT2D eigenvalue weighted by atomic mass is 31.2. The van der Waals surface area contributed by atoms with Crippen molar-refractivity contribution in [1.29, 1.82) is 0 Å². The fourth-order valence-electron chi connectivity index (χ4n) is 2.03. The number of rotatable bonds is 4. The molecule has 0 fully saturated rings. The van der Waals surface area contributed by atoms with Crippen LogP contribution < -0.4 is 9.99 Å². The van der Waals surface area contributed by atoms with Crippen molar-refractivity contribution in [3.05, 3.63) is 30.5 Å². The topological polar surface area (TPSA) is 43.1 Å². The monoisotopic (exact) mass is 265 g/mol. The van der Waals surface area contributed by atoms with E-state index in [9.17, 15) is 4.57 Å². The van der Waals surface area contributed by atoms with E-state index in [4.69, 9.17) is 4.52 Å². The van der Waals surface area contributed by atoms with Gasteiger partial charge in [0.25, 0.3) is 0 Å². The normalized spacial score (nSPS) is 14.6. The van der Waals surface area contributed by atoms with Gasteiger partial charge in [0.15, 0.2) is 7.05 Å². The summed E-state index contributed by atoms with van der Waals surface area (Å²) in [6.07, 6.45) is 2.30. The first-order chi connectivity index (χ1) is 8.60. The summed E-state index contributed by atoms with van der Waals surface area (Å²) in [7, 11) is -0.951. The van der Waals surface area contributed by atoms with Crippen molar-refractivity contribution >= 4 is 23.6 Å². The van der Waals surface area contributed by atoms with Gasteiger partial charge in [-0.1, -0.05) is 29.8 Å². The van der Waals surface area contributed by atoms with Crippen molar-refractivity contribution in [3.8, 4) is 0 Å². The largest absolute Gasteiger partial charge is 0.325 e. The molecule has 1 aromatic heterocycles. The molecule has 0 aliphatic heterocycles. The molecular weight excluding hydrogens is 247 g/mol. The Kier molecular flexibility index (Phi) is 3.79. The molecule has 1 heterocycles. The number of fused-ring (bicyclic) bond motifs is 1. The Balaban J connectivity index is 2.73. The first kappa shape index (κ1) is 13.2. The van der Waals surface area contributed by atoms with E-state index in [1.165, 1.54) is 0 Å². The molecule has 0 radical (unpaired) electrons. The number of hydrogen-bond donors (Lipinski definition) is 0. The van der Waals surface area contributed by atoms with Crippen LogP contribution >= 0.6 is 7.37 Å². The first-order valence-corrected chi connectivity index (χ1v) is 7.91. The first-order valence-electron chi connectivity index (χ1n) is 6.10. The molecule has 2 aromatic rings. The zero-order valence-electron chi connectivity index (χ0n) is 11.0. The molecule has 1 atom stereocenters. The lowest BCUT2D eigenvalue weighted by molar-refractivity contribution is -0.727. The Bertz CT molecular complexity index is 613. The second kappa shape index (κ2) is 5.17.